The summed E-state index contributed by atoms with van der Waals surface area (Å²) in [4.78, 5) is 26.3. The van der Waals surface area contributed by atoms with Crippen LogP contribution >= 0.6 is 0 Å². The van der Waals surface area contributed by atoms with Crippen LogP contribution in [0.1, 0.15) is 68.2 Å². The Hall–Kier alpha value is -2.52. The molecule has 8 nitrogen and oxygen atoms in total. The van der Waals surface area contributed by atoms with Crippen molar-refractivity contribution in [3.8, 4) is 0 Å². The number of hydrogen-bond acceptors (Lipinski definition) is 8. The predicted octanol–water partition coefficient (Wildman–Crippen LogP) is 5.09. The summed E-state index contributed by atoms with van der Waals surface area (Å²) < 4.78 is 17.0. The minimum absolute atomic E-state index is 0.000107. The number of hydrogen-bond donors (Lipinski definition) is 3. The molecule has 0 fully saturated rings. The predicted molar refractivity (Wildman–Crippen MR) is 165 cm³/mol. The minimum atomic E-state index is -1.17. The molecule has 238 valence electrons. The van der Waals surface area contributed by atoms with Crippen molar-refractivity contribution >= 4 is 11.8 Å². The highest BCUT2D eigenvalue weighted by atomic mass is 16.6. The lowest BCUT2D eigenvalue weighted by Gasteiger charge is -2.33. The number of ether oxygens (including phenoxy) is 3. The van der Waals surface area contributed by atoms with Gasteiger partial charge in [0, 0.05) is 30.8 Å². The first kappa shape index (κ1) is 37.5. The van der Waals surface area contributed by atoms with E-state index in [4.69, 9.17) is 14.2 Å². The summed E-state index contributed by atoms with van der Waals surface area (Å²) in [7, 11) is 2.86. The lowest BCUT2D eigenvalue weighted by atomic mass is 9.84. The zero-order valence-corrected chi connectivity index (χ0v) is 27.1. The average molecular weight is 591 g/mol. The van der Waals surface area contributed by atoms with Gasteiger partial charge in [-0.15, -0.1) is 0 Å². The highest BCUT2D eigenvalue weighted by Gasteiger charge is 2.38. The molecule has 0 amide bonds. The molecule has 0 bridgehead atoms. The van der Waals surface area contributed by atoms with E-state index in [0.717, 1.165) is 11.1 Å². The standard InChI is InChI=1S/C34H54O8/c1-11-27(35)22(4)15-16-28(36)25(7)32(38)26(8)33-29(40-9)14-12-13-20(2)17-23(5)31(37)24(6)18-21(3)19-30(41-10)34(39)42-33/h12-16,18-19,22-27,29,31-33,35,37-38H,11,17H2,1-10H3/b14-12+,16-15+,20-13+,21-18+,30-19-/t22?,23-,24-,25-,26+,27?,29-,31+,32+,33-/m0/s1. The van der Waals surface area contributed by atoms with Crippen molar-refractivity contribution in [2.75, 3.05) is 14.2 Å². The van der Waals surface area contributed by atoms with Gasteiger partial charge < -0.3 is 29.5 Å². The number of esters is 1. The molecule has 10 atom stereocenters. The van der Waals surface area contributed by atoms with Crippen molar-refractivity contribution in [1.29, 1.82) is 0 Å². The Morgan fingerprint density at radius 3 is 2.38 bits per heavy atom. The number of methoxy groups -OCH3 is 2. The SMILES string of the molecule is CCC(O)C(C)/C=C/C(=O)[C@H](C)[C@@H](O)[C@@H](C)[C@@H]1OC(=O)/C(OC)=C/C(C)=C/[C@H](C)[C@H](O)[C@@H](C)C/C(C)=C/C=C/[C@@H]1OC. The molecule has 3 N–H and O–H groups in total. The summed E-state index contributed by atoms with van der Waals surface area (Å²) in [5, 5.41) is 32.2. The zero-order valence-electron chi connectivity index (χ0n) is 27.1. The number of aliphatic hydroxyl groups is 3. The molecule has 8 heteroatoms. The van der Waals surface area contributed by atoms with Crippen LogP contribution in [0.4, 0.5) is 0 Å². The van der Waals surface area contributed by atoms with Gasteiger partial charge in [0.2, 0.25) is 5.76 Å². The second-order valence-electron chi connectivity index (χ2n) is 11.9. The van der Waals surface area contributed by atoms with Crippen LogP contribution in [0.15, 0.2) is 59.4 Å². The lowest BCUT2D eigenvalue weighted by molar-refractivity contribution is -0.162. The van der Waals surface area contributed by atoms with Gasteiger partial charge in [-0.25, -0.2) is 4.79 Å². The third kappa shape index (κ3) is 11.3. The first-order valence-corrected chi connectivity index (χ1v) is 15.0. The summed E-state index contributed by atoms with van der Waals surface area (Å²) in [6, 6.07) is 0. The molecule has 1 aliphatic heterocycles. The number of carbonyl (C=O) groups is 2. The van der Waals surface area contributed by atoms with Crippen LogP contribution in [0.5, 0.6) is 0 Å². The number of aliphatic hydroxyl groups excluding tert-OH is 3. The van der Waals surface area contributed by atoms with Gasteiger partial charge in [0.05, 0.1) is 25.4 Å². The third-order valence-electron chi connectivity index (χ3n) is 8.20. The normalized spacial score (nSPS) is 33.0. The Kier molecular flexibility index (Phi) is 16.3. The maximum absolute atomic E-state index is 13.3. The fourth-order valence-corrected chi connectivity index (χ4v) is 5.21. The van der Waals surface area contributed by atoms with Crippen LogP contribution in [0.25, 0.3) is 0 Å². The first-order chi connectivity index (χ1) is 19.7. The largest absolute Gasteiger partial charge is 0.490 e. The minimum Gasteiger partial charge on any atom is -0.490 e. The molecule has 0 aromatic heterocycles. The molecule has 0 saturated carbocycles. The average Bonchev–Trinajstić information content (AvgIpc) is 2.96. The Labute approximate surface area is 252 Å². The van der Waals surface area contributed by atoms with Crippen molar-refractivity contribution in [2.45, 2.75) is 98.8 Å². The molecular weight excluding hydrogens is 536 g/mol. The van der Waals surface area contributed by atoms with Crippen LogP contribution < -0.4 is 0 Å². The molecule has 0 saturated heterocycles. The van der Waals surface area contributed by atoms with Gasteiger partial charge in [-0.3, -0.25) is 4.79 Å². The molecule has 0 spiro atoms. The summed E-state index contributed by atoms with van der Waals surface area (Å²) in [6.07, 6.45) is 9.24. The van der Waals surface area contributed by atoms with E-state index >= 15 is 0 Å². The van der Waals surface area contributed by atoms with Crippen LogP contribution in [-0.2, 0) is 23.8 Å². The van der Waals surface area contributed by atoms with Crippen LogP contribution in [-0.4, -0.2) is 71.8 Å². The summed E-state index contributed by atoms with van der Waals surface area (Å²) >= 11 is 0. The maximum atomic E-state index is 13.3. The molecule has 1 heterocycles. The fraction of sp³-hybridized carbons (Fsp3) is 0.647. The van der Waals surface area contributed by atoms with Gasteiger partial charge in [-0.05, 0) is 44.8 Å². The van der Waals surface area contributed by atoms with Gasteiger partial charge in [0.1, 0.15) is 12.2 Å². The number of rotatable bonds is 10. The van der Waals surface area contributed by atoms with Gasteiger partial charge in [-0.1, -0.05) is 83.1 Å². The molecule has 2 unspecified atom stereocenters. The Bertz CT molecular complexity index is 1020. The van der Waals surface area contributed by atoms with E-state index in [9.17, 15) is 24.9 Å². The van der Waals surface area contributed by atoms with Crippen LogP contribution in [0.2, 0.25) is 0 Å². The first-order valence-electron chi connectivity index (χ1n) is 15.0. The van der Waals surface area contributed by atoms with E-state index in [-0.39, 0.29) is 29.3 Å². The Balaban J connectivity index is 3.47. The lowest BCUT2D eigenvalue weighted by Crippen LogP contribution is -2.45. The van der Waals surface area contributed by atoms with Crippen molar-refractivity contribution in [3.05, 3.63) is 59.4 Å². The van der Waals surface area contributed by atoms with E-state index in [2.05, 4.69) is 0 Å². The second kappa shape index (κ2) is 18.2. The number of carbonyl (C=O) groups excluding carboxylic acids is 2. The van der Waals surface area contributed by atoms with Gasteiger partial charge in [0.15, 0.2) is 5.78 Å². The molecular formula is C34H54O8. The topological polar surface area (TPSA) is 123 Å². The highest BCUT2D eigenvalue weighted by Crippen LogP contribution is 2.27. The number of cyclic esters (lactones) is 1. The Morgan fingerprint density at radius 1 is 1.17 bits per heavy atom. The van der Waals surface area contributed by atoms with E-state index in [1.807, 2.05) is 59.8 Å². The van der Waals surface area contributed by atoms with Gasteiger partial charge >= 0.3 is 5.97 Å². The highest BCUT2D eigenvalue weighted by molar-refractivity contribution is 5.92. The van der Waals surface area contributed by atoms with Gasteiger partial charge in [-0.2, -0.15) is 0 Å². The molecule has 0 aromatic carbocycles. The van der Waals surface area contributed by atoms with E-state index in [0.29, 0.717) is 12.8 Å². The fourth-order valence-electron chi connectivity index (χ4n) is 5.21. The second-order valence-corrected chi connectivity index (χ2v) is 11.9. The monoisotopic (exact) mass is 590 g/mol. The maximum Gasteiger partial charge on any atom is 0.373 e. The van der Waals surface area contributed by atoms with E-state index in [1.165, 1.54) is 20.3 Å². The van der Waals surface area contributed by atoms with E-state index < -0.39 is 48.3 Å². The van der Waals surface area contributed by atoms with Crippen molar-refractivity contribution in [1.82, 2.24) is 0 Å². The molecule has 0 aliphatic carbocycles. The molecule has 1 rings (SSSR count). The zero-order chi connectivity index (χ0) is 32.1. The number of ketones is 1. The smallest absolute Gasteiger partial charge is 0.373 e. The van der Waals surface area contributed by atoms with E-state index in [1.54, 1.807) is 32.1 Å². The Morgan fingerprint density at radius 2 is 1.81 bits per heavy atom. The van der Waals surface area contributed by atoms with Crippen molar-refractivity contribution in [3.63, 3.8) is 0 Å². The van der Waals surface area contributed by atoms with Gasteiger partial charge in [0.25, 0.3) is 0 Å². The van der Waals surface area contributed by atoms with Crippen LogP contribution in [0, 0.1) is 29.6 Å². The third-order valence-corrected chi connectivity index (χ3v) is 8.20. The molecule has 1 aliphatic rings. The van der Waals surface area contributed by atoms with Crippen molar-refractivity contribution < 1.29 is 39.1 Å². The van der Waals surface area contributed by atoms with Crippen LogP contribution in [0.3, 0.4) is 0 Å². The number of allylic oxidation sites excluding steroid dienone is 6. The summed E-state index contributed by atoms with van der Waals surface area (Å²) in [5.74, 6) is -2.96. The van der Waals surface area contributed by atoms with Crippen molar-refractivity contribution in [2.24, 2.45) is 29.6 Å². The quantitative estimate of drug-likeness (QED) is 0.237. The summed E-state index contributed by atoms with van der Waals surface area (Å²) in [6.45, 7) is 14.8. The summed E-state index contributed by atoms with van der Waals surface area (Å²) in [5.41, 5.74) is 1.78. The molecule has 0 radical (unpaired) electrons. The molecule has 0 aromatic rings. The molecule has 42 heavy (non-hydrogen) atoms.